The first-order valence-corrected chi connectivity index (χ1v) is 6.76. The summed E-state index contributed by atoms with van der Waals surface area (Å²) in [6.45, 7) is 0.249. The van der Waals surface area contributed by atoms with Gasteiger partial charge in [-0.2, -0.15) is 0 Å². The molecule has 0 radical (unpaired) electrons. The Morgan fingerprint density at radius 2 is 2.21 bits per heavy atom. The smallest absolute Gasteiger partial charge is 0.231 e. The minimum absolute atomic E-state index is 0.0412. The van der Waals surface area contributed by atoms with Gasteiger partial charge in [-0.1, -0.05) is 6.08 Å². The molecule has 2 aliphatic heterocycles. The van der Waals surface area contributed by atoms with Crippen LogP contribution in [0.3, 0.4) is 0 Å². The molecule has 2 heterocycles. The number of fused-ring (bicyclic) bond motifs is 1. The zero-order valence-electron chi connectivity index (χ0n) is 10.3. The van der Waals surface area contributed by atoms with Crippen LogP contribution in [0, 0.1) is 0 Å². The Morgan fingerprint density at radius 3 is 3.05 bits per heavy atom. The summed E-state index contributed by atoms with van der Waals surface area (Å²) in [5, 5.41) is 0. The number of hydrogen-bond acceptors (Lipinski definition) is 4. The fraction of sp³-hybridized carbons (Fsp3) is 0.357. The van der Waals surface area contributed by atoms with Gasteiger partial charge in [0.2, 0.25) is 6.79 Å². The Labute approximate surface area is 116 Å². The van der Waals surface area contributed by atoms with E-state index in [1.807, 2.05) is 29.3 Å². The fourth-order valence-corrected chi connectivity index (χ4v) is 2.58. The van der Waals surface area contributed by atoms with Gasteiger partial charge in [0, 0.05) is 18.0 Å². The van der Waals surface area contributed by atoms with Gasteiger partial charge in [0.25, 0.3) is 0 Å². The van der Waals surface area contributed by atoms with E-state index in [4.69, 9.17) is 21.1 Å². The van der Waals surface area contributed by atoms with Crippen molar-refractivity contribution in [3.8, 4) is 11.5 Å². The van der Waals surface area contributed by atoms with E-state index in [2.05, 4.69) is 6.08 Å². The van der Waals surface area contributed by atoms with Crippen molar-refractivity contribution in [2.75, 3.05) is 17.6 Å². The number of rotatable bonds is 3. The van der Waals surface area contributed by atoms with Crippen molar-refractivity contribution >= 4 is 23.1 Å². The zero-order chi connectivity index (χ0) is 13.2. The summed E-state index contributed by atoms with van der Waals surface area (Å²) in [5.74, 6) is 1.54. The summed E-state index contributed by atoms with van der Waals surface area (Å²) in [6.07, 6.45) is 5.68. The monoisotopic (exact) mass is 279 g/mol. The molecule has 0 aliphatic carbocycles. The van der Waals surface area contributed by atoms with Crippen LogP contribution in [-0.2, 0) is 4.79 Å². The van der Waals surface area contributed by atoms with E-state index in [-0.39, 0.29) is 24.5 Å². The predicted octanol–water partition coefficient (Wildman–Crippen LogP) is 2.71. The average molecular weight is 280 g/mol. The molecule has 5 heteroatoms. The van der Waals surface area contributed by atoms with Crippen LogP contribution < -0.4 is 14.4 Å². The van der Waals surface area contributed by atoms with Crippen LogP contribution >= 0.6 is 11.6 Å². The first-order valence-electron chi connectivity index (χ1n) is 6.23. The van der Waals surface area contributed by atoms with E-state index in [0.29, 0.717) is 5.75 Å². The maximum Gasteiger partial charge on any atom is 0.231 e. The number of halogens is 1. The molecule has 0 saturated carbocycles. The van der Waals surface area contributed by atoms with Crippen molar-refractivity contribution in [1.29, 1.82) is 0 Å². The molecule has 1 atom stereocenters. The molecule has 0 saturated heterocycles. The third-order valence-corrected chi connectivity index (χ3v) is 3.63. The Morgan fingerprint density at radius 1 is 1.37 bits per heavy atom. The van der Waals surface area contributed by atoms with Crippen molar-refractivity contribution in [2.45, 2.75) is 18.9 Å². The lowest BCUT2D eigenvalue weighted by atomic mass is 10.0. The maximum absolute atomic E-state index is 11.9. The van der Waals surface area contributed by atoms with E-state index in [1.54, 1.807) is 0 Å². The topological polar surface area (TPSA) is 38.8 Å². The standard InChI is InChI=1S/C14H14ClNO3/c15-8-12(17)11-3-1-2-6-16(11)10-4-5-13-14(7-10)19-9-18-13/h2,4-7,11H,1,3,8-9H2. The maximum atomic E-state index is 11.9. The summed E-state index contributed by atoms with van der Waals surface area (Å²) in [5.41, 5.74) is 0.920. The molecule has 0 N–H and O–H groups in total. The number of Topliss-reactive ketones (excluding diaryl/α,β-unsaturated/α-hetero) is 1. The summed E-state index contributed by atoms with van der Waals surface area (Å²) in [7, 11) is 0. The molecular weight excluding hydrogens is 266 g/mol. The van der Waals surface area contributed by atoms with Crippen LogP contribution in [0.15, 0.2) is 30.5 Å². The SMILES string of the molecule is O=C(CCl)C1CCC=CN1c1ccc2c(c1)OCO2. The molecule has 4 nitrogen and oxygen atoms in total. The molecule has 19 heavy (non-hydrogen) atoms. The highest BCUT2D eigenvalue weighted by Gasteiger charge is 2.27. The first-order chi connectivity index (χ1) is 9.29. The van der Waals surface area contributed by atoms with E-state index in [0.717, 1.165) is 24.3 Å². The number of carbonyl (C=O) groups excluding carboxylic acids is 1. The van der Waals surface area contributed by atoms with Crippen LogP contribution in [-0.4, -0.2) is 24.5 Å². The number of nitrogens with zero attached hydrogens (tertiary/aromatic N) is 1. The van der Waals surface area contributed by atoms with Gasteiger partial charge in [-0.3, -0.25) is 4.79 Å². The second kappa shape index (κ2) is 5.13. The van der Waals surface area contributed by atoms with Crippen molar-refractivity contribution < 1.29 is 14.3 Å². The minimum atomic E-state index is -0.192. The summed E-state index contributed by atoms with van der Waals surface area (Å²) in [4.78, 5) is 13.9. The molecule has 0 fully saturated rings. The van der Waals surface area contributed by atoms with Gasteiger partial charge in [0.15, 0.2) is 17.3 Å². The molecule has 0 bridgehead atoms. The highest BCUT2D eigenvalue weighted by Crippen LogP contribution is 2.37. The van der Waals surface area contributed by atoms with E-state index in [1.165, 1.54) is 0 Å². The number of allylic oxidation sites excluding steroid dienone is 1. The van der Waals surface area contributed by atoms with Crippen molar-refractivity contribution in [2.24, 2.45) is 0 Å². The summed E-state index contributed by atoms with van der Waals surface area (Å²) in [6, 6.07) is 5.50. The largest absolute Gasteiger partial charge is 0.454 e. The van der Waals surface area contributed by atoms with Crippen molar-refractivity contribution in [3.63, 3.8) is 0 Å². The van der Waals surface area contributed by atoms with Crippen LogP contribution in [0.25, 0.3) is 0 Å². The number of ketones is 1. The predicted molar refractivity (Wildman–Crippen MR) is 72.9 cm³/mol. The van der Waals surface area contributed by atoms with E-state index < -0.39 is 0 Å². The van der Waals surface area contributed by atoms with Crippen molar-refractivity contribution in [3.05, 3.63) is 30.5 Å². The Bertz CT molecular complexity index is 529. The average Bonchev–Trinajstić information content (AvgIpc) is 2.93. The molecule has 0 aromatic heterocycles. The van der Waals surface area contributed by atoms with Gasteiger partial charge in [-0.25, -0.2) is 0 Å². The van der Waals surface area contributed by atoms with E-state index >= 15 is 0 Å². The Hall–Kier alpha value is -1.68. The van der Waals surface area contributed by atoms with Gasteiger partial charge in [-0.05, 0) is 25.0 Å². The first kappa shape index (κ1) is 12.4. The summed E-state index contributed by atoms with van der Waals surface area (Å²) >= 11 is 5.69. The summed E-state index contributed by atoms with van der Waals surface area (Å²) < 4.78 is 10.7. The number of benzene rings is 1. The third-order valence-electron chi connectivity index (χ3n) is 3.37. The number of alkyl halides is 1. The van der Waals surface area contributed by atoms with Crippen LogP contribution in [0.1, 0.15) is 12.8 Å². The van der Waals surface area contributed by atoms with Gasteiger partial charge in [0.1, 0.15) is 0 Å². The van der Waals surface area contributed by atoms with Crippen LogP contribution in [0.4, 0.5) is 5.69 Å². The number of ether oxygens (including phenoxy) is 2. The second-order valence-corrected chi connectivity index (χ2v) is 4.79. The normalized spacial score (nSPS) is 20.7. The molecule has 0 amide bonds. The van der Waals surface area contributed by atoms with Gasteiger partial charge >= 0.3 is 0 Å². The third kappa shape index (κ3) is 2.28. The lowest BCUT2D eigenvalue weighted by Crippen LogP contribution is -2.40. The highest BCUT2D eigenvalue weighted by molar-refractivity contribution is 6.28. The molecule has 2 aliphatic rings. The molecule has 1 unspecified atom stereocenters. The number of anilines is 1. The quantitative estimate of drug-likeness (QED) is 0.798. The fourth-order valence-electron chi connectivity index (χ4n) is 2.40. The molecular formula is C14H14ClNO3. The van der Waals surface area contributed by atoms with Crippen molar-refractivity contribution in [1.82, 2.24) is 0 Å². The Balaban J connectivity index is 1.92. The van der Waals surface area contributed by atoms with Crippen LogP contribution in [0.5, 0.6) is 11.5 Å². The second-order valence-electron chi connectivity index (χ2n) is 4.52. The number of hydrogen-bond donors (Lipinski definition) is 0. The molecule has 1 aromatic rings. The van der Waals surface area contributed by atoms with Gasteiger partial charge < -0.3 is 14.4 Å². The van der Waals surface area contributed by atoms with Gasteiger partial charge in [-0.15, -0.1) is 11.6 Å². The minimum Gasteiger partial charge on any atom is -0.454 e. The molecule has 100 valence electrons. The molecule has 0 spiro atoms. The Kier molecular flexibility index (Phi) is 3.34. The zero-order valence-corrected chi connectivity index (χ0v) is 11.1. The van der Waals surface area contributed by atoms with Gasteiger partial charge in [0.05, 0.1) is 11.9 Å². The van der Waals surface area contributed by atoms with Crippen LogP contribution in [0.2, 0.25) is 0 Å². The lowest BCUT2D eigenvalue weighted by molar-refractivity contribution is -0.118. The molecule has 1 aromatic carbocycles. The van der Waals surface area contributed by atoms with E-state index in [9.17, 15) is 4.79 Å². The molecule has 3 rings (SSSR count). The highest BCUT2D eigenvalue weighted by atomic mass is 35.5. The lowest BCUT2D eigenvalue weighted by Gasteiger charge is -2.32. The number of carbonyl (C=O) groups is 1.